The van der Waals surface area contributed by atoms with E-state index in [2.05, 4.69) is 15.3 Å². The van der Waals surface area contributed by atoms with Crippen molar-refractivity contribution in [2.75, 3.05) is 5.32 Å². The highest BCUT2D eigenvalue weighted by molar-refractivity contribution is 6.30. The van der Waals surface area contributed by atoms with Gasteiger partial charge in [0.25, 0.3) is 0 Å². The Morgan fingerprint density at radius 2 is 1.95 bits per heavy atom. The van der Waals surface area contributed by atoms with E-state index in [1.807, 2.05) is 50.2 Å². The average molecular weight is 314 g/mol. The summed E-state index contributed by atoms with van der Waals surface area (Å²) in [5.41, 5.74) is 1.84. The molecule has 0 atom stereocenters. The van der Waals surface area contributed by atoms with Crippen LogP contribution in [0.5, 0.6) is 0 Å². The fourth-order valence-corrected chi connectivity index (χ4v) is 2.47. The second-order valence-electron chi connectivity index (χ2n) is 5.69. The summed E-state index contributed by atoms with van der Waals surface area (Å²) in [5, 5.41) is 3.45. The molecule has 0 radical (unpaired) electrons. The number of H-pyrrole nitrogens is 1. The van der Waals surface area contributed by atoms with E-state index < -0.39 is 5.41 Å². The standard InChI is InChI=1S/C17H16ClN3O/c1-17(2,11-6-5-7-12(18)10-11)15(22)21-16-19-13-8-3-4-9-14(13)20-16/h3-10H,1-2H3,(H2,19,20,21,22). The number of hydrogen-bond donors (Lipinski definition) is 2. The molecule has 0 aliphatic rings. The third kappa shape index (κ3) is 2.70. The Morgan fingerprint density at radius 1 is 1.18 bits per heavy atom. The van der Waals surface area contributed by atoms with Gasteiger partial charge in [-0.15, -0.1) is 0 Å². The lowest BCUT2D eigenvalue weighted by molar-refractivity contribution is -0.120. The number of fused-ring (bicyclic) bond motifs is 1. The first kappa shape index (κ1) is 14.6. The summed E-state index contributed by atoms with van der Waals surface area (Å²) in [6, 6.07) is 15.0. The third-order valence-corrected chi connectivity index (χ3v) is 3.97. The Morgan fingerprint density at radius 3 is 2.68 bits per heavy atom. The number of halogens is 1. The maximum absolute atomic E-state index is 12.6. The van der Waals surface area contributed by atoms with Crippen LogP contribution in [0.1, 0.15) is 19.4 Å². The normalized spacial score (nSPS) is 11.6. The molecule has 1 amide bonds. The highest BCUT2D eigenvalue weighted by atomic mass is 35.5. The number of para-hydroxylation sites is 2. The van der Waals surface area contributed by atoms with Gasteiger partial charge in [-0.05, 0) is 43.7 Å². The van der Waals surface area contributed by atoms with Gasteiger partial charge < -0.3 is 4.98 Å². The molecule has 2 N–H and O–H groups in total. The van der Waals surface area contributed by atoms with Gasteiger partial charge in [0.2, 0.25) is 11.9 Å². The van der Waals surface area contributed by atoms with Crippen LogP contribution in [0, 0.1) is 0 Å². The summed E-state index contributed by atoms with van der Waals surface area (Å²) < 4.78 is 0. The van der Waals surface area contributed by atoms with Gasteiger partial charge >= 0.3 is 0 Å². The molecule has 3 rings (SSSR count). The molecule has 112 valence electrons. The Hall–Kier alpha value is -2.33. The number of hydrogen-bond acceptors (Lipinski definition) is 2. The van der Waals surface area contributed by atoms with Crippen LogP contribution in [0.15, 0.2) is 48.5 Å². The summed E-state index contributed by atoms with van der Waals surface area (Å²) in [7, 11) is 0. The van der Waals surface area contributed by atoms with Crippen molar-refractivity contribution in [3.63, 3.8) is 0 Å². The van der Waals surface area contributed by atoms with Crippen LogP contribution in [0.2, 0.25) is 5.02 Å². The van der Waals surface area contributed by atoms with E-state index in [9.17, 15) is 4.79 Å². The van der Waals surface area contributed by atoms with Crippen molar-refractivity contribution in [3.8, 4) is 0 Å². The van der Waals surface area contributed by atoms with Crippen molar-refractivity contribution in [2.24, 2.45) is 0 Å². The third-order valence-electron chi connectivity index (χ3n) is 3.74. The highest BCUT2D eigenvalue weighted by Crippen LogP contribution is 2.27. The second-order valence-corrected chi connectivity index (χ2v) is 6.13. The molecule has 2 aromatic carbocycles. The van der Waals surface area contributed by atoms with Crippen LogP contribution >= 0.6 is 11.6 Å². The molecule has 0 saturated heterocycles. The Labute approximate surface area is 133 Å². The van der Waals surface area contributed by atoms with Crippen molar-refractivity contribution >= 4 is 34.5 Å². The number of aromatic amines is 1. The van der Waals surface area contributed by atoms with E-state index in [1.54, 1.807) is 12.1 Å². The van der Waals surface area contributed by atoms with Gasteiger partial charge in [0.1, 0.15) is 0 Å². The van der Waals surface area contributed by atoms with E-state index in [4.69, 9.17) is 11.6 Å². The van der Waals surface area contributed by atoms with Crippen molar-refractivity contribution in [1.82, 2.24) is 9.97 Å². The predicted octanol–water partition coefficient (Wildman–Crippen LogP) is 4.13. The Kier molecular flexibility index (Phi) is 3.62. The summed E-state index contributed by atoms with van der Waals surface area (Å²) in [5.74, 6) is 0.301. The zero-order chi connectivity index (χ0) is 15.7. The molecule has 0 aliphatic carbocycles. The van der Waals surface area contributed by atoms with E-state index in [0.717, 1.165) is 16.6 Å². The zero-order valence-corrected chi connectivity index (χ0v) is 13.1. The number of carbonyl (C=O) groups is 1. The molecular formula is C17H16ClN3O. The number of benzene rings is 2. The molecule has 1 heterocycles. The monoisotopic (exact) mass is 313 g/mol. The average Bonchev–Trinajstić information content (AvgIpc) is 2.89. The lowest BCUT2D eigenvalue weighted by Crippen LogP contribution is -2.35. The second kappa shape index (κ2) is 5.46. The first-order valence-corrected chi connectivity index (χ1v) is 7.37. The van der Waals surface area contributed by atoms with Crippen LogP contribution in [-0.2, 0) is 10.2 Å². The van der Waals surface area contributed by atoms with Crippen molar-refractivity contribution < 1.29 is 4.79 Å². The maximum atomic E-state index is 12.6. The summed E-state index contributed by atoms with van der Waals surface area (Å²) in [6.45, 7) is 3.72. The largest absolute Gasteiger partial charge is 0.324 e. The first-order chi connectivity index (χ1) is 10.5. The van der Waals surface area contributed by atoms with E-state index in [-0.39, 0.29) is 5.91 Å². The quantitative estimate of drug-likeness (QED) is 0.763. The number of aromatic nitrogens is 2. The van der Waals surface area contributed by atoms with Crippen LogP contribution in [0.4, 0.5) is 5.95 Å². The van der Waals surface area contributed by atoms with Crippen molar-refractivity contribution in [3.05, 3.63) is 59.1 Å². The molecule has 4 nitrogen and oxygen atoms in total. The summed E-state index contributed by atoms with van der Waals surface area (Å²) >= 11 is 6.02. The van der Waals surface area contributed by atoms with Gasteiger partial charge in [0.05, 0.1) is 16.4 Å². The molecule has 1 aromatic heterocycles. The minimum atomic E-state index is -0.718. The van der Waals surface area contributed by atoms with E-state index >= 15 is 0 Å². The molecular weight excluding hydrogens is 298 g/mol. The summed E-state index contributed by atoms with van der Waals surface area (Å²) in [6.07, 6.45) is 0. The van der Waals surface area contributed by atoms with Crippen molar-refractivity contribution in [1.29, 1.82) is 0 Å². The number of amides is 1. The highest BCUT2D eigenvalue weighted by Gasteiger charge is 2.30. The fraction of sp³-hybridized carbons (Fsp3) is 0.176. The molecule has 0 fully saturated rings. The molecule has 22 heavy (non-hydrogen) atoms. The lowest BCUT2D eigenvalue weighted by atomic mass is 9.84. The number of anilines is 1. The lowest BCUT2D eigenvalue weighted by Gasteiger charge is -2.23. The maximum Gasteiger partial charge on any atom is 0.236 e. The molecule has 0 bridgehead atoms. The van der Waals surface area contributed by atoms with Gasteiger partial charge in [-0.1, -0.05) is 35.9 Å². The van der Waals surface area contributed by atoms with E-state index in [1.165, 1.54) is 0 Å². The number of rotatable bonds is 3. The Balaban J connectivity index is 1.86. The zero-order valence-electron chi connectivity index (χ0n) is 12.4. The smallest absolute Gasteiger partial charge is 0.236 e. The number of carbonyl (C=O) groups excluding carboxylic acids is 1. The SMILES string of the molecule is CC(C)(C(=O)Nc1nc2ccccc2[nH]1)c1cccc(Cl)c1. The van der Waals surface area contributed by atoms with Gasteiger partial charge in [-0.25, -0.2) is 4.98 Å². The van der Waals surface area contributed by atoms with Crippen LogP contribution in [-0.4, -0.2) is 15.9 Å². The number of nitrogens with zero attached hydrogens (tertiary/aromatic N) is 1. The van der Waals surface area contributed by atoms with Crippen LogP contribution < -0.4 is 5.32 Å². The van der Waals surface area contributed by atoms with Gasteiger partial charge in [0, 0.05) is 5.02 Å². The minimum Gasteiger partial charge on any atom is -0.324 e. The van der Waals surface area contributed by atoms with Crippen LogP contribution in [0.25, 0.3) is 11.0 Å². The van der Waals surface area contributed by atoms with Gasteiger partial charge in [-0.3, -0.25) is 10.1 Å². The minimum absolute atomic E-state index is 0.145. The number of imidazole rings is 1. The molecule has 0 aliphatic heterocycles. The van der Waals surface area contributed by atoms with Crippen LogP contribution in [0.3, 0.4) is 0 Å². The van der Waals surface area contributed by atoms with E-state index in [0.29, 0.717) is 11.0 Å². The summed E-state index contributed by atoms with van der Waals surface area (Å²) in [4.78, 5) is 20.1. The number of nitrogens with one attached hydrogen (secondary N) is 2. The predicted molar refractivity (Wildman–Crippen MR) is 89.2 cm³/mol. The van der Waals surface area contributed by atoms with Gasteiger partial charge in [0.15, 0.2) is 0 Å². The van der Waals surface area contributed by atoms with Crippen molar-refractivity contribution in [2.45, 2.75) is 19.3 Å². The molecule has 3 aromatic rings. The molecule has 0 spiro atoms. The Bertz CT molecular complexity index is 806. The first-order valence-electron chi connectivity index (χ1n) is 6.99. The molecule has 5 heteroatoms. The molecule has 0 unspecified atom stereocenters. The van der Waals surface area contributed by atoms with Gasteiger partial charge in [-0.2, -0.15) is 0 Å². The topological polar surface area (TPSA) is 57.8 Å². The fourth-order valence-electron chi connectivity index (χ4n) is 2.28. The molecule has 0 saturated carbocycles.